The first-order chi connectivity index (χ1) is 9.15. The summed E-state index contributed by atoms with van der Waals surface area (Å²) in [6, 6.07) is 7.50. The van der Waals surface area contributed by atoms with Crippen molar-refractivity contribution in [1.29, 1.82) is 0 Å². The van der Waals surface area contributed by atoms with E-state index in [0.29, 0.717) is 11.6 Å². The van der Waals surface area contributed by atoms with Crippen molar-refractivity contribution in [1.82, 2.24) is 9.78 Å². The van der Waals surface area contributed by atoms with Gasteiger partial charge in [-0.1, -0.05) is 12.2 Å². The predicted molar refractivity (Wildman–Crippen MR) is 79.4 cm³/mol. The van der Waals surface area contributed by atoms with Gasteiger partial charge in [-0.15, -0.1) is 0 Å². The predicted octanol–water partition coefficient (Wildman–Crippen LogP) is 2.29. The van der Waals surface area contributed by atoms with Crippen molar-refractivity contribution in [3.8, 4) is 5.75 Å². The van der Waals surface area contributed by atoms with E-state index in [1.165, 1.54) is 5.56 Å². The molecule has 0 spiro atoms. The highest BCUT2D eigenvalue weighted by atomic mass is 32.1. The molecule has 0 bridgehead atoms. The molecule has 0 radical (unpaired) electrons. The van der Waals surface area contributed by atoms with E-state index < -0.39 is 0 Å². The van der Waals surface area contributed by atoms with E-state index in [2.05, 4.69) is 5.10 Å². The summed E-state index contributed by atoms with van der Waals surface area (Å²) in [6.45, 7) is 3.55. The third kappa shape index (κ3) is 4.06. The molecule has 1 aromatic heterocycles. The van der Waals surface area contributed by atoms with E-state index in [0.717, 1.165) is 24.3 Å². The first-order valence-corrected chi connectivity index (χ1v) is 6.58. The van der Waals surface area contributed by atoms with Gasteiger partial charge < -0.3 is 10.5 Å². The monoisotopic (exact) mass is 275 g/mol. The van der Waals surface area contributed by atoms with Gasteiger partial charge in [0.1, 0.15) is 10.7 Å². The van der Waals surface area contributed by atoms with Crippen molar-refractivity contribution in [3.05, 3.63) is 47.8 Å². The third-order valence-electron chi connectivity index (χ3n) is 2.70. The number of nitrogens with zero attached hydrogens (tertiary/aromatic N) is 2. The summed E-state index contributed by atoms with van der Waals surface area (Å²) in [5.41, 5.74) is 7.56. The van der Waals surface area contributed by atoms with Crippen molar-refractivity contribution in [2.24, 2.45) is 5.73 Å². The van der Waals surface area contributed by atoms with Crippen LogP contribution < -0.4 is 10.5 Å². The van der Waals surface area contributed by atoms with E-state index in [1.807, 2.05) is 48.3 Å². The Labute approximate surface area is 118 Å². The molecule has 1 heterocycles. The fraction of sp³-hybridized carbons (Fsp3) is 0.286. The van der Waals surface area contributed by atoms with E-state index in [9.17, 15) is 0 Å². The lowest BCUT2D eigenvalue weighted by Crippen LogP contribution is -2.09. The highest BCUT2D eigenvalue weighted by Crippen LogP contribution is 2.12. The number of ether oxygens (including phenoxy) is 1. The molecule has 0 aliphatic heterocycles. The van der Waals surface area contributed by atoms with Crippen LogP contribution >= 0.6 is 12.2 Å². The lowest BCUT2D eigenvalue weighted by atomic mass is 10.2. The summed E-state index contributed by atoms with van der Waals surface area (Å²) in [7, 11) is 0. The molecule has 0 unspecified atom stereocenters. The molecular weight excluding hydrogens is 258 g/mol. The molecule has 0 fully saturated rings. The van der Waals surface area contributed by atoms with Gasteiger partial charge in [0.2, 0.25) is 0 Å². The Morgan fingerprint density at radius 1 is 1.37 bits per heavy atom. The molecule has 0 atom stereocenters. The summed E-state index contributed by atoms with van der Waals surface area (Å²) in [5, 5.41) is 4.22. The second-order valence-corrected chi connectivity index (χ2v) is 4.81. The van der Waals surface area contributed by atoms with Gasteiger partial charge in [0.25, 0.3) is 0 Å². The number of rotatable bonds is 6. The molecule has 100 valence electrons. The Hall–Kier alpha value is -1.88. The summed E-state index contributed by atoms with van der Waals surface area (Å²) < 4.78 is 7.57. The highest BCUT2D eigenvalue weighted by Gasteiger charge is 1.98. The number of benzene rings is 1. The molecule has 4 nitrogen and oxygen atoms in total. The van der Waals surface area contributed by atoms with Crippen LogP contribution in [-0.2, 0) is 6.54 Å². The normalized spacial score (nSPS) is 10.4. The standard InChI is InChI=1S/C14H17N3OS/c1-11-9-16-17(10-11)7-2-8-18-13-5-3-12(4-6-13)14(15)19/h3-6,9-10H,2,7-8H2,1H3,(H2,15,19). The van der Waals surface area contributed by atoms with Gasteiger partial charge in [0.05, 0.1) is 12.8 Å². The molecule has 0 aliphatic carbocycles. The lowest BCUT2D eigenvalue weighted by Gasteiger charge is -2.07. The molecule has 2 N–H and O–H groups in total. The van der Waals surface area contributed by atoms with Crippen molar-refractivity contribution in [2.45, 2.75) is 19.9 Å². The van der Waals surface area contributed by atoms with Gasteiger partial charge in [0.15, 0.2) is 0 Å². The van der Waals surface area contributed by atoms with Gasteiger partial charge in [0, 0.05) is 24.7 Å². The Bertz CT molecular complexity index is 548. The Kier molecular flexibility index (Phi) is 4.52. The summed E-state index contributed by atoms with van der Waals surface area (Å²) in [5.74, 6) is 0.830. The smallest absolute Gasteiger partial charge is 0.119 e. The van der Waals surface area contributed by atoms with Crippen LogP contribution in [0.4, 0.5) is 0 Å². The van der Waals surface area contributed by atoms with E-state index in [-0.39, 0.29) is 0 Å². The SMILES string of the molecule is Cc1cnn(CCCOc2ccc(C(N)=S)cc2)c1. The molecule has 19 heavy (non-hydrogen) atoms. The number of aromatic nitrogens is 2. The van der Waals surface area contributed by atoms with Gasteiger partial charge >= 0.3 is 0 Å². The first-order valence-electron chi connectivity index (χ1n) is 6.17. The number of aryl methyl sites for hydroxylation is 2. The van der Waals surface area contributed by atoms with Crippen LogP contribution in [0.3, 0.4) is 0 Å². The third-order valence-corrected chi connectivity index (χ3v) is 2.94. The quantitative estimate of drug-likeness (QED) is 0.649. The fourth-order valence-corrected chi connectivity index (χ4v) is 1.86. The Balaban J connectivity index is 1.75. The van der Waals surface area contributed by atoms with Crippen molar-refractivity contribution in [2.75, 3.05) is 6.61 Å². The molecule has 0 aliphatic rings. The maximum absolute atomic E-state index is 5.64. The maximum atomic E-state index is 5.64. The minimum Gasteiger partial charge on any atom is -0.494 e. The van der Waals surface area contributed by atoms with Crippen molar-refractivity contribution in [3.63, 3.8) is 0 Å². The van der Waals surface area contributed by atoms with Crippen LogP contribution in [0.2, 0.25) is 0 Å². The maximum Gasteiger partial charge on any atom is 0.119 e. The largest absolute Gasteiger partial charge is 0.494 e. The second-order valence-electron chi connectivity index (χ2n) is 4.37. The van der Waals surface area contributed by atoms with E-state index >= 15 is 0 Å². The summed E-state index contributed by atoms with van der Waals surface area (Å²) in [4.78, 5) is 0.403. The average Bonchev–Trinajstić information content (AvgIpc) is 2.81. The minimum atomic E-state index is 0.403. The number of hydrogen-bond donors (Lipinski definition) is 1. The first kappa shape index (κ1) is 13.5. The van der Waals surface area contributed by atoms with Crippen LogP contribution in [0, 0.1) is 6.92 Å². The van der Waals surface area contributed by atoms with Gasteiger partial charge in [-0.3, -0.25) is 4.68 Å². The van der Waals surface area contributed by atoms with E-state index in [1.54, 1.807) is 0 Å². The summed E-state index contributed by atoms with van der Waals surface area (Å²) >= 11 is 4.89. The molecular formula is C14H17N3OS. The van der Waals surface area contributed by atoms with Crippen LogP contribution in [0.15, 0.2) is 36.7 Å². The molecule has 1 aromatic carbocycles. The zero-order valence-electron chi connectivity index (χ0n) is 10.9. The fourth-order valence-electron chi connectivity index (χ4n) is 1.72. The Morgan fingerprint density at radius 3 is 2.68 bits per heavy atom. The van der Waals surface area contributed by atoms with Crippen LogP contribution in [0.25, 0.3) is 0 Å². The average molecular weight is 275 g/mol. The molecule has 2 rings (SSSR count). The zero-order valence-corrected chi connectivity index (χ0v) is 11.7. The van der Waals surface area contributed by atoms with E-state index in [4.69, 9.17) is 22.7 Å². The number of hydrogen-bond acceptors (Lipinski definition) is 3. The van der Waals surface area contributed by atoms with Gasteiger partial charge in [-0.05, 0) is 36.8 Å². The number of thiocarbonyl (C=S) groups is 1. The topological polar surface area (TPSA) is 53.1 Å². The van der Waals surface area contributed by atoms with Crippen LogP contribution in [0.5, 0.6) is 5.75 Å². The van der Waals surface area contributed by atoms with Crippen molar-refractivity contribution < 1.29 is 4.74 Å². The number of nitrogens with two attached hydrogens (primary N) is 1. The molecule has 0 saturated carbocycles. The zero-order chi connectivity index (χ0) is 13.7. The van der Waals surface area contributed by atoms with Crippen LogP contribution in [0.1, 0.15) is 17.5 Å². The van der Waals surface area contributed by atoms with Gasteiger partial charge in [-0.25, -0.2) is 0 Å². The molecule has 0 amide bonds. The van der Waals surface area contributed by atoms with Gasteiger partial charge in [-0.2, -0.15) is 5.10 Å². The Morgan fingerprint density at radius 2 is 2.11 bits per heavy atom. The summed E-state index contributed by atoms with van der Waals surface area (Å²) in [6.07, 6.45) is 4.80. The molecule has 0 saturated heterocycles. The highest BCUT2D eigenvalue weighted by molar-refractivity contribution is 7.80. The molecule has 5 heteroatoms. The lowest BCUT2D eigenvalue weighted by molar-refractivity contribution is 0.298. The minimum absolute atomic E-state index is 0.403. The molecule has 2 aromatic rings. The van der Waals surface area contributed by atoms with Crippen LogP contribution in [-0.4, -0.2) is 21.4 Å². The van der Waals surface area contributed by atoms with Crippen molar-refractivity contribution >= 4 is 17.2 Å². The second kappa shape index (κ2) is 6.33.